The van der Waals surface area contributed by atoms with Crippen molar-refractivity contribution in [3.05, 3.63) is 69.0 Å². The number of anilines is 1. The minimum Gasteiger partial charge on any atom is -0.289 e. The molecule has 0 radical (unpaired) electrons. The number of benzene rings is 2. The molecule has 1 N–H and O–H groups in total. The number of carbonyl (C=O) groups is 1. The second-order valence-electron chi connectivity index (χ2n) is 5.87. The summed E-state index contributed by atoms with van der Waals surface area (Å²) in [5.41, 5.74) is -0.363. The van der Waals surface area contributed by atoms with Crippen LogP contribution in [-0.2, 0) is 6.18 Å². The molecule has 11 heteroatoms. The Morgan fingerprint density at radius 1 is 1.14 bits per heavy atom. The average Bonchev–Trinajstić information content (AvgIpc) is 3.23. The Bertz CT molecular complexity index is 1240. The van der Waals surface area contributed by atoms with Crippen molar-refractivity contribution in [2.75, 3.05) is 5.32 Å². The molecular weight excluding hydrogens is 448 g/mol. The molecule has 2 aromatic heterocycles. The van der Waals surface area contributed by atoms with Crippen molar-refractivity contribution in [3.8, 4) is 11.3 Å². The summed E-state index contributed by atoms with van der Waals surface area (Å²) in [7, 11) is 0. The van der Waals surface area contributed by atoms with Gasteiger partial charge in [0.1, 0.15) is 0 Å². The first-order chi connectivity index (χ1) is 13.7. The summed E-state index contributed by atoms with van der Waals surface area (Å²) in [4.78, 5) is 17.0. The van der Waals surface area contributed by atoms with Crippen LogP contribution in [-0.4, -0.2) is 20.5 Å². The van der Waals surface area contributed by atoms with Gasteiger partial charge in [0.05, 0.1) is 21.8 Å². The summed E-state index contributed by atoms with van der Waals surface area (Å²) in [6, 6.07) is 9.43. The van der Waals surface area contributed by atoms with Crippen LogP contribution in [0.5, 0.6) is 0 Å². The number of hydrogen-bond acceptors (Lipinski definition) is 4. The van der Waals surface area contributed by atoms with Crippen LogP contribution in [0.3, 0.4) is 0 Å². The molecule has 1 amide bonds. The number of nitrogens with zero attached hydrogens (tertiary/aromatic N) is 3. The van der Waals surface area contributed by atoms with Gasteiger partial charge in [-0.25, -0.2) is 4.52 Å². The van der Waals surface area contributed by atoms with Crippen LogP contribution >= 0.6 is 34.5 Å². The van der Waals surface area contributed by atoms with Crippen molar-refractivity contribution in [3.63, 3.8) is 0 Å². The number of halogens is 5. The Hall–Kier alpha value is -2.62. The van der Waals surface area contributed by atoms with Gasteiger partial charge < -0.3 is 0 Å². The van der Waals surface area contributed by atoms with Crippen molar-refractivity contribution in [1.29, 1.82) is 0 Å². The molecular formula is C18H9Cl2F3N4OS. The molecule has 0 saturated carbocycles. The number of thiazole rings is 1. The van der Waals surface area contributed by atoms with Crippen LogP contribution in [0.4, 0.5) is 19.1 Å². The third-order valence-corrected chi connectivity index (χ3v) is 5.37. The molecule has 0 bridgehead atoms. The molecule has 0 aliphatic carbocycles. The van der Waals surface area contributed by atoms with E-state index in [4.69, 9.17) is 23.2 Å². The van der Waals surface area contributed by atoms with E-state index in [2.05, 4.69) is 15.4 Å². The van der Waals surface area contributed by atoms with Crippen LogP contribution in [0.15, 0.2) is 47.8 Å². The van der Waals surface area contributed by atoms with Gasteiger partial charge in [-0.15, -0.1) is 16.4 Å². The van der Waals surface area contributed by atoms with Crippen LogP contribution in [0.2, 0.25) is 10.0 Å². The van der Waals surface area contributed by atoms with E-state index in [0.717, 1.165) is 12.1 Å². The number of rotatable bonds is 3. The summed E-state index contributed by atoms with van der Waals surface area (Å²) in [6.07, 6.45) is -4.66. The lowest BCUT2D eigenvalue weighted by Crippen LogP contribution is -2.19. The van der Waals surface area contributed by atoms with Crippen LogP contribution < -0.4 is 5.32 Å². The highest BCUT2D eigenvalue weighted by atomic mass is 35.5. The molecule has 2 aromatic carbocycles. The highest BCUT2D eigenvalue weighted by Gasteiger charge is 2.35. The molecule has 5 nitrogen and oxygen atoms in total. The van der Waals surface area contributed by atoms with Crippen LogP contribution in [0, 0.1) is 0 Å². The Labute approximate surface area is 175 Å². The van der Waals surface area contributed by atoms with E-state index >= 15 is 0 Å². The van der Waals surface area contributed by atoms with Gasteiger partial charge in [-0.3, -0.25) is 10.1 Å². The van der Waals surface area contributed by atoms with Gasteiger partial charge in [-0.05, 0) is 30.3 Å². The topological polar surface area (TPSA) is 59.3 Å². The Balaban J connectivity index is 1.68. The van der Waals surface area contributed by atoms with E-state index in [1.54, 1.807) is 23.6 Å². The van der Waals surface area contributed by atoms with Gasteiger partial charge in [0.2, 0.25) is 4.96 Å². The summed E-state index contributed by atoms with van der Waals surface area (Å²) in [5, 5.41) is 9.17. The average molecular weight is 457 g/mol. The van der Waals surface area contributed by atoms with Crippen molar-refractivity contribution in [2.24, 2.45) is 0 Å². The first kappa shape index (κ1) is 19.7. The fraction of sp³-hybridized carbons (Fsp3) is 0.0556. The first-order valence-corrected chi connectivity index (χ1v) is 9.65. The monoisotopic (exact) mass is 456 g/mol. The van der Waals surface area contributed by atoms with Crippen molar-refractivity contribution in [2.45, 2.75) is 6.18 Å². The third kappa shape index (κ3) is 3.81. The molecule has 4 aromatic rings. The molecule has 0 fully saturated rings. The second-order valence-corrected chi connectivity index (χ2v) is 7.55. The number of amides is 1. The summed E-state index contributed by atoms with van der Waals surface area (Å²) in [5.74, 6) is -1.09. The quantitative estimate of drug-likeness (QED) is 0.409. The zero-order valence-electron chi connectivity index (χ0n) is 14.2. The van der Waals surface area contributed by atoms with E-state index in [9.17, 15) is 18.0 Å². The molecule has 0 atom stereocenters. The van der Waals surface area contributed by atoms with Gasteiger partial charge >= 0.3 is 6.18 Å². The van der Waals surface area contributed by atoms with Gasteiger partial charge in [0, 0.05) is 16.0 Å². The fourth-order valence-electron chi connectivity index (χ4n) is 2.71. The number of aromatic nitrogens is 3. The number of fused-ring (bicyclic) bond motifs is 1. The predicted molar refractivity (Wildman–Crippen MR) is 106 cm³/mol. The smallest absolute Gasteiger partial charge is 0.289 e. The fourth-order valence-corrected chi connectivity index (χ4v) is 3.92. The standard InChI is InChI=1S/C18H9Cl2F3N4OS/c19-9-5-6-13(20)11(7-9)14-8-29-17-25-16(26-27(14)17)24-15(28)10-3-1-2-4-12(10)18(21,22)23/h1-8H,(H,24,26,28). The molecule has 4 rings (SSSR count). The number of carbonyl (C=O) groups excluding carboxylic acids is 1. The molecule has 0 spiro atoms. The molecule has 0 aliphatic rings. The maximum atomic E-state index is 13.1. The largest absolute Gasteiger partial charge is 0.417 e. The molecule has 148 valence electrons. The van der Waals surface area contributed by atoms with Gasteiger partial charge in [0.15, 0.2) is 0 Å². The summed E-state index contributed by atoms with van der Waals surface area (Å²) in [6.45, 7) is 0. The van der Waals surface area contributed by atoms with Crippen LogP contribution in [0.25, 0.3) is 16.2 Å². The predicted octanol–water partition coefficient (Wildman–Crippen LogP) is 6.04. The van der Waals surface area contributed by atoms with E-state index in [0.29, 0.717) is 26.3 Å². The van der Waals surface area contributed by atoms with Crippen LogP contribution in [0.1, 0.15) is 15.9 Å². The van der Waals surface area contributed by atoms with Gasteiger partial charge in [-0.2, -0.15) is 18.2 Å². The highest BCUT2D eigenvalue weighted by Crippen LogP contribution is 2.34. The minimum absolute atomic E-state index is 0.127. The molecule has 0 unspecified atom stereocenters. The number of hydrogen-bond donors (Lipinski definition) is 1. The maximum absolute atomic E-state index is 13.1. The second kappa shape index (κ2) is 7.33. The minimum atomic E-state index is -4.66. The lowest BCUT2D eigenvalue weighted by atomic mass is 10.1. The summed E-state index contributed by atoms with van der Waals surface area (Å²) < 4.78 is 40.9. The van der Waals surface area contributed by atoms with E-state index in [1.165, 1.54) is 28.0 Å². The normalized spacial score (nSPS) is 11.8. The van der Waals surface area contributed by atoms with Gasteiger partial charge in [0.25, 0.3) is 11.9 Å². The molecule has 29 heavy (non-hydrogen) atoms. The maximum Gasteiger partial charge on any atom is 0.417 e. The third-order valence-electron chi connectivity index (χ3n) is 3.99. The Morgan fingerprint density at radius 2 is 1.90 bits per heavy atom. The zero-order valence-corrected chi connectivity index (χ0v) is 16.5. The Morgan fingerprint density at radius 3 is 2.66 bits per heavy atom. The number of nitrogens with one attached hydrogen (secondary N) is 1. The summed E-state index contributed by atoms with van der Waals surface area (Å²) >= 11 is 13.5. The van der Waals surface area contributed by atoms with Gasteiger partial charge in [-0.1, -0.05) is 35.3 Å². The lowest BCUT2D eigenvalue weighted by molar-refractivity contribution is -0.137. The molecule has 0 saturated heterocycles. The molecule has 0 aliphatic heterocycles. The molecule has 2 heterocycles. The SMILES string of the molecule is O=C(Nc1nc2scc(-c3cc(Cl)ccc3Cl)n2n1)c1ccccc1C(F)(F)F. The van der Waals surface area contributed by atoms with E-state index < -0.39 is 23.2 Å². The van der Waals surface area contributed by atoms with E-state index in [1.807, 2.05) is 0 Å². The first-order valence-electron chi connectivity index (χ1n) is 8.01. The lowest BCUT2D eigenvalue weighted by Gasteiger charge is -2.11. The van der Waals surface area contributed by atoms with Crippen molar-refractivity contribution < 1.29 is 18.0 Å². The number of alkyl halides is 3. The van der Waals surface area contributed by atoms with Crippen molar-refractivity contribution in [1.82, 2.24) is 14.6 Å². The Kier molecular flexibility index (Phi) is 4.97. The van der Waals surface area contributed by atoms with Crippen molar-refractivity contribution >= 4 is 51.4 Å². The highest BCUT2D eigenvalue weighted by molar-refractivity contribution is 7.15. The van der Waals surface area contributed by atoms with E-state index in [-0.39, 0.29) is 5.95 Å². The zero-order chi connectivity index (χ0) is 20.8.